The van der Waals surface area contributed by atoms with Crippen LogP contribution in [0, 0.1) is 5.82 Å². The van der Waals surface area contributed by atoms with Gasteiger partial charge in [0.1, 0.15) is 0 Å². The first-order valence-electron chi connectivity index (χ1n) is 6.62. The van der Waals surface area contributed by atoms with Crippen LogP contribution in [0.2, 0.25) is 0 Å². The van der Waals surface area contributed by atoms with Gasteiger partial charge in [0.05, 0.1) is 24.3 Å². The number of rotatable bonds is 3. The third-order valence-electron chi connectivity index (χ3n) is 4.12. The van der Waals surface area contributed by atoms with Crippen LogP contribution in [0.4, 0.5) is 4.39 Å². The molecule has 2 rings (SSSR count). The van der Waals surface area contributed by atoms with Crippen molar-refractivity contribution in [1.82, 2.24) is 0 Å². The molecule has 20 heavy (non-hydrogen) atoms. The quantitative estimate of drug-likeness (QED) is 0.865. The molecule has 0 bridgehead atoms. The standard InChI is InChI=1S/C14H21BFNO3/c1-13(2)14(3,4)20-15(19-13)12(17)9-6-7-10(16)11(8-9)18-5/h6-8,12H,17H2,1-5H3/t12-/m1/s1. The summed E-state index contributed by atoms with van der Waals surface area (Å²) in [4.78, 5) is 0. The summed E-state index contributed by atoms with van der Waals surface area (Å²) in [6.45, 7) is 7.85. The second kappa shape index (κ2) is 5.02. The minimum Gasteiger partial charge on any atom is -0.494 e. The molecule has 0 unspecified atom stereocenters. The Morgan fingerprint density at radius 3 is 2.25 bits per heavy atom. The summed E-state index contributed by atoms with van der Waals surface area (Å²) in [7, 11) is 0.845. The molecule has 0 aliphatic carbocycles. The highest BCUT2D eigenvalue weighted by Gasteiger charge is 2.53. The summed E-state index contributed by atoms with van der Waals surface area (Å²) in [6, 6.07) is 4.53. The van der Waals surface area contributed by atoms with Gasteiger partial charge in [-0.25, -0.2) is 4.39 Å². The van der Waals surface area contributed by atoms with Gasteiger partial charge in [0.25, 0.3) is 0 Å². The van der Waals surface area contributed by atoms with Gasteiger partial charge >= 0.3 is 7.12 Å². The lowest BCUT2D eigenvalue weighted by Crippen LogP contribution is -2.41. The van der Waals surface area contributed by atoms with Crippen molar-refractivity contribution in [3.8, 4) is 5.75 Å². The van der Waals surface area contributed by atoms with E-state index < -0.39 is 30.1 Å². The van der Waals surface area contributed by atoms with Gasteiger partial charge in [-0.2, -0.15) is 0 Å². The third-order valence-corrected chi connectivity index (χ3v) is 4.12. The molecule has 0 aromatic heterocycles. The van der Waals surface area contributed by atoms with E-state index in [2.05, 4.69) is 0 Å². The van der Waals surface area contributed by atoms with Gasteiger partial charge in [0, 0.05) is 0 Å². The summed E-state index contributed by atoms with van der Waals surface area (Å²) in [6.07, 6.45) is 0. The molecule has 1 aromatic rings. The molecule has 0 amide bonds. The van der Waals surface area contributed by atoms with Crippen molar-refractivity contribution in [2.45, 2.75) is 44.8 Å². The highest BCUT2D eigenvalue weighted by Crippen LogP contribution is 2.39. The molecule has 1 aliphatic rings. The highest BCUT2D eigenvalue weighted by molar-refractivity contribution is 6.47. The first kappa shape index (κ1) is 15.3. The number of nitrogens with two attached hydrogens (primary N) is 1. The highest BCUT2D eigenvalue weighted by atomic mass is 19.1. The second-order valence-electron chi connectivity index (χ2n) is 6.04. The fraction of sp³-hybridized carbons (Fsp3) is 0.571. The molecule has 1 aromatic carbocycles. The molecule has 6 heteroatoms. The Kier molecular flexibility index (Phi) is 3.84. The van der Waals surface area contributed by atoms with Gasteiger partial charge in [0.2, 0.25) is 0 Å². The molecule has 1 heterocycles. The number of methoxy groups -OCH3 is 1. The molecular weight excluding hydrogens is 260 g/mol. The molecule has 1 atom stereocenters. The molecule has 1 saturated heterocycles. The predicted octanol–water partition coefficient (Wildman–Crippen LogP) is 2.47. The summed E-state index contributed by atoms with van der Waals surface area (Å²) >= 11 is 0. The third kappa shape index (κ3) is 2.55. The number of hydrogen-bond donors (Lipinski definition) is 1. The van der Waals surface area contributed by atoms with E-state index in [1.165, 1.54) is 13.2 Å². The predicted molar refractivity (Wildman–Crippen MR) is 76.0 cm³/mol. The Labute approximate surface area is 119 Å². The average Bonchev–Trinajstić information content (AvgIpc) is 2.58. The van der Waals surface area contributed by atoms with Crippen LogP contribution in [0.25, 0.3) is 0 Å². The summed E-state index contributed by atoms with van der Waals surface area (Å²) in [5.74, 6) is -0.766. The minimum atomic E-state index is -0.574. The van der Waals surface area contributed by atoms with E-state index in [1.807, 2.05) is 27.7 Å². The topological polar surface area (TPSA) is 53.7 Å². The Balaban J connectivity index is 2.23. The van der Waals surface area contributed by atoms with Gasteiger partial charge in [-0.3, -0.25) is 0 Å². The zero-order valence-corrected chi connectivity index (χ0v) is 12.6. The maximum Gasteiger partial charge on any atom is 0.480 e. The van der Waals surface area contributed by atoms with Crippen molar-refractivity contribution in [2.24, 2.45) is 5.73 Å². The van der Waals surface area contributed by atoms with Gasteiger partial charge in [-0.05, 0) is 45.4 Å². The maximum absolute atomic E-state index is 13.4. The van der Waals surface area contributed by atoms with E-state index in [0.29, 0.717) is 5.56 Å². The zero-order valence-electron chi connectivity index (χ0n) is 12.6. The van der Waals surface area contributed by atoms with Crippen LogP contribution in [-0.2, 0) is 9.31 Å². The fourth-order valence-corrected chi connectivity index (χ4v) is 2.08. The lowest BCUT2D eigenvalue weighted by molar-refractivity contribution is 0.00578. The normalized spacial score (nSPS) is 21.9. The Bertz CT molecular complexity index is 491. The number of benzene rings is 1. The lowest BCUT2D eigenvalue weighted by Gasteiger charge is -2.32. The number of halogens is 1. The first-order chi connectivity index (χ1) is 9.18. The van der Waals surface area contributed by atoms with E-state index in [0.717, 1.165) is 0 Å². The Morgan fingerprint density at radius 2 is 1.75 bits per heavy atom. The number of hydrogen-bond acceptors (Lipinski definition) is 4. The SMILES string of the molecule is COc1cc([C@@H](N)B2OC(C)(C)C(C)(C)O2)ccc1F. The fourth-order valence-electron chi connectivity index (χ4n) is 2.08. The monoisotopic (exact) mass is 281 g/mol. The van der Waals surface area contributed by atoms with Crippen LogP contribution >= 0.6 is 0 Å². The van der Waals surface area contributed by atoms with Crippen molar-refractivity contribution in [3.63, 3.8) is 0 Å². The maximum atomic E-state index is 13.4. The van der Waals surface area contributed by atoms with Crippen LogP contribution in [-0.4, -0.2) is 25.4 Å². The van der Waals surface area contributed by atoms with Gasteiger partial charge in [0.15, 0.2) is 11.6 Å². The van der Waals surface area contributed by atoms with Crippen molar-refractivity contribution in [1.29, 1.82) is 0 Å². The molecular formula is C14H21BFNO3. The van der Waals surface area contributed by atoms with Gasteiger partial charge in [-0.1, -0.05) is 6.07 Å². The van der Waals surface area contributed by atoms with Crippen molar-refractivity contribution in [3.05, 3.63) is 29.6 Å². The van der Waals surface area contributed by atoms with E-state index in [1.54, 1.807) is 12.1 Å². The summed E-state index contributed by atoms with van der Waals surface area (Å²) in [5, 5.41) is 0. The zero-order chi connectivity index (χ0) is 15.1. The molecule has 1 fully saturated rings. The van der Waals surface area contributed by atoms with Crippen LogP contribution in [0.1, 0.15) is 39.2 Å². The van der Waals surface area contributed by atoms with Crippen molar-refractivity contribution in [2.75, 3.05) is 7.11 Å². The number of ether oxygens (including phenoxy) is 1. The Hall–Kier alpha value is -1.11. The molecule has 4 nitrogen and oxygen atoms in total. The summed E-state index contributed by atoms with van der Waals surface area (Å²) in [5.41, 5.74) is 6.01. The van der Waals surface area contributed by atoms with Gasteiger partial charge in [-0.15, -0.1) is 0 Å². The van der Waals surface area contributed by atoms with Crippen molar-refractivity contribution >= 4 is 7.12 Å². The molecule has 0 radical (unpaired) electrons. The van der Waals surface area contributed by atoms with E-state index >= 15 is 0 Å². The molecule has 110 valence electrons. The van der Waals surface area contributed by atoms with Crippen LogP contribution in [0.5, 0.6) is 5.75 Å². The molecule has 0 spiro atoms. The molecule has 1 aliphatic heterocycles. The average molecular weight is 281 g/mol. The van der Waals surface area contributed by atoms with Crippen LogP contribution in [0.15, 0.2) is 18.2 Å². The van der Waals surface area contributed by atoms with Crippen LogP contribution in [0.3, 0.4) is 0 Å². The summed E-state index contributed by atoms with van der Waals surface area (Å²) < 4.78 is 30.2. The molecule has 0 saturated carbocycles. The van der Waals surface area contributed by atoms with Crippen LogP contribution < -0.4 is 10.5 Å². The van der Waals surface area contributed by atoms with E-state index in [9.17, 15) is 4.39 Å². The smallest absolute Gasteiger partial charge is 0.480 e. The van der Waals surface area contributed by atoms with E-state index in [4.69, 9.17) is 19.8 Å². The largest absolute Gasteiger partial charge is 0.494 e. The van der Waals surface area contributed by atoms with E-state index in [-0.39, 0.29) is 5.75 Å². The second-order valence-corrected chi connectivity index (χ2v) is 6.04. The lowest BCUT2D eigenvalue weighted by atomic mass is 9.75. The van der Waals surface area contributed by atoms with Gasteiger partial charge < -0.3 is 19.8 Å². The minimum absolute atomic E-state index is 0.162. The molecule has 2 N–H and O–H groups in total. The van der Waals surface area contributed by atoms with Crippen molar-refractivity contribution < 1.29 is 18.4 Å². The first-order valence-corrected chi connectivity index (χ1v) is 6.62. The Morgan fingerprint density at radius 1 is 1.20 bits per heavy atom.